The van der Waals surface area contributed by atoms with Crippen LogP contribution < -0.4 is 5.32 Å². The van der Waals surface area contributed by atoms with Gasteiger partial charge in [-0.2, -0.15) is 0 Å². The number of carbonyl (C=O) groups is 4. The number of nitrogens with one attached hydrogen (secondary N) is 1. The summed E-state index contributed by atoms with van der Waals surface area (Å²) in [6, 6.07) is 4.00. The molecule has 7 heteroatoms. The molecule has 1 heterocycles. The first-order valence-electron chi connectivity index (χ1n) is 6.33. The van der Waals surface area contributed by atoms with Crippen molar-refractivity contribution in [3.63, 3.8) is 0 Å². The third-order valence-corrected chi connectivity index (χ3v) is 3.79. The third kappa shape index (κ3) is 2.97. The predicted molar refractivity (Wildman–Crippen MR) is 77.3 cm³/mol. The van der Waals surface area contributed by atoms with Gasteiger partial charge < -0.3 is 4.90 Å². The van der Waals surface area contributed by atoms with Gasteiger partial charge in [0.2, 0.25) is 11.8 Å². The molecule has 3 amide bonds. The highest BCUT2D eigenvalue weighted by Crippen LogP contribution is 2.21. The Morgan fingerprint density at radius 2 is 2.14 bits per heavy atom. The fourth-order valence-electron chi connectivity index (χ4n) is 2.26. The summed E-state index contributed by atoms with van der Waals surface area (Å²) in [6.07, 6.45) is 1.01. The molecular weight excluding hydrogens is 292 g/mol. The highest BCUT2D eigenvalue weighted by Gasteiger charge is 2.33. The number of rotatable bonds is 3. The van der Waals surface area contributed by atoms with Crippen LogP contribution in [0.5, 0.6) is 0 Å². The van der Waals surface area contributed by atoms with E-state index in [0.717, 1.165) is 0 Å². The summed E-state index contributed by atoms with van der Waals surface area (Å²) in [5.74, 6) is -1.33. The molecule has 0 radical (unpaired) electrons. The van der Waals surface area contributed by atoms with Crippen LogP contribution in [0, 0.1) is 0 Å². The van der Waals surface area contributed by atoms with Crippen molar-refractivity contribution in [2.75, 3.05) is 7.05 Å². The fraction of sp³-hybridized carbons (Fsp3) is 0.286. The molecule has 0 aromatic heterocycles. The summed E-state index contributed by atoms with van der Waals surface area (Å²) < 4.78 is 0. The lowest BCUT2D eigenvalue weighted by Crippen LogP contribution is -2.53. The first-order valence-corrected chi connectivity index (χ1v) is 6.78. The van der Waals surface area contributed by atoms with Crippen LogP contribution in [0.1, 0.15) is 33.6 Å². The molecule has 110 valence electrons. The van der Waals surface area contributed by atoms with Gasteiger partial charge in [-0.05, 0) is 12.5 Å². The number of aldehydes is 1. The molecule has 2 rings (SSSR count). The molecule has 1 aliphatic heterocycles. The van der Waals surface area contributed by atoms with Crippen molar-refractivity contribution in [2.24, 2.45) is 0 Å². The first kappa shape index (κ1) is 15.2. The zero-order valence-corrected chi connectivity index (χ0v) is 12.2. The molecule has 6 nitrogen and oxygen atoms in total. The van der Waals surface area contributed by atoms with Crippen LogP contribution in [0.3, 0.4) is 0 Å². The molecule has 0 spiro atoms. The summed E-state index contributed by atoms with van der Waals surface area (Å²) in [6.45, 7) is 0. The molecule has 1 saturated heterocycles. The Bertz CT molecular complexity index is 629. The molecule has 1 aliphatic rings. The van der Waals surface area contributed by atoms with Crippen molar-refractivity contribution in [3.8, 4) is 0 Å². The van der Waals surface area contributed by atoms with E-state index >= 15 is 0 Å². The number of carbonyl (C=O) groups excluding carboxylic acids is 4. The summed E-state index contributed by atoms with van der Waals surface area (Å²) in [5, 5.41) is 2.20. The molecule has 1 aromatic carbocycles. The Hall–Kier alpha value is -2.15. The van der Waals surface area contributed by atoms with Crippen molar-refractivity contribution in [2.45, 2.75) is 23.8 Å². The fourth-order valence-corrected chi connectivity index (χ4v) is 2.57. The van der Waals surface area contributed by atoms with Crippen LogP contribution in [-0.4, -0.2) is 42.0 Å². The van der Waals surface area contributed by atoms with Crippen molar-refractivity contribution >= 4 is 36.6 Å². The summed E-state index contributed by atoms with van der Waals surface area (Å²) >= 11 is 4.20. The Labute approximate surface area is 126 Å². The number of nitrogens with zero attached hydrogens (tertiary/aromatic N) is 1. The molecule has 1 unspecified atom stereocenters. The largest absolute Gasteiger partial charge is 0.330 e. The normalized spacial score (nSPS) is 18.1. The molecule has 0 aliphatic carbocycles. The average molecular weight is 306 g/mol. The van der Waals surface area contributed by atoms with Crippen LogP contribution in [-0.2, 0) is 9.59 Å². The molecule has 21 heavy (non-hydrogen) atoms. The van der Waals surface area contributed by atoms with Crippen molar-refractivity contribution in [3.05, 3.63) is 29.3 Å². The van der Waals surface area contributed by atoms with Gasteiger partial charge in [0.25, 0.3) is 5.91 Å². The van der Waals surface area contributed by atoms with Crippen LogP contribution in [0.25, 0.3) is 0 Å². The highest BCUT2D eigenvalue weighted by atomic mass is 32.1. The number of thiol groups is 1. The van der Waals surface area contributed by atoms with E-state index in [9.17, 15) is 19.2 Å². The summed E-state index contributed by atoms with van der Waals surface area (Å²) in [7, 11) is 1.47. The maximum atomic E-state index is 12.5. The zero-order valence-electron chi connectivity index (χ0n) is 11.3. The van der Waals surface area contributed by atoms with Gasteiger partial charge in [-0.25, -0.2) is 0 Å². The number of hydrogen-bond donors (Lipinski definition) is 2. The molecule has 0 bridgehead atoms. The third-order valence-electron chi connectivity index (χ3n) is 3.41. The Morgan fingerprint density at radius 3 is 2.76 bits per heavy atom. The Balaban J connectivity index is 2.30. The minimum atomic E-state index is -0.734. The van der Waals surface area contributed by atoms with Crippen LogP contribution >= 0.6 is 12.6 Å². The van der Waals surface area contributed by atoms with Crippen molar-refractivity contribution in [1.82, 2.24) is 10.2 Å². The quantitative estimate of drug-likeness (QED) is 0.488. The van der Waals surface area contributed by atoms with Gasteiger partial charge in [0.1, 0.15) is 6.04 Å². The molecule has 1 N–H and O–H groups in total. The molecule has 1 fully saturated rings. The van der Waals surface area contributed by atoms with E-state index in [2.05, 4.69) is 17.9 Å². The van der Waals surface area contributed by atoms with E-state index in [1.807, 2.05) is 0 Å². The number of likely N-dealkylation sites (N-methyl/N-ethyl adjacent to an activating group) is 1. The van der Waals surface area contributed by atoms with Gasteiger partial charge in [0, 0.05) is 23.9 Å². The van der Waals surface area contributed by atoms with Crippen molar-refractivity contribution in [1.29, 1.82) is 0 Å². The molecule has 1 aromatic rings. The minimum absolute atomic E-state index is 0.156. The highest BCUT2D eigenvalue weighted by molar-refractivity contribution is 7.80. The lowest BCUT2D eigenvalue weighted by molar-refractivity contribution is -0.136. The maximum absolute atomic E-state index is 12.5. The average Bonchev–Trinajstić information content (AvgIpc) is 2.45. The second-order valence-corrected chi connectivity index (χ2v) is 5.22. The lowest BCUT2D eigenvalue weighted by atomic mass is 10.0. The zero-order chi connectivity index (χ0) is 15.6. The van der Waals surface area contributed by atoms with Gasteiger partial charge in [-0.1, -0.05) is 12.1 Å². The van der Waals surface area contributed by atoms with Crippen LogP contribution in [0.4, 0.5) is 0 Å². The minimum Gasteiger partial charge on any atom is -0.330 e. The summed E-state index contributed by atoms with van der Waals surface area (Å²) in [5.41, 5.74) is 0.370. The molecule has 0 saturated carbocycles. The topological polar surface area (TPSA) is 83.6 Å². The number of amides is 3. The van der Waals surface area contributed by atoms with E-state index in [1.54, 1.807) is 12.1 Å². The van der Waals surface area contributed by atoms with Gasteiger partial charge in [0.05, 0.1) is 5.56 Å². The van der Waals surface area contributed by atoms with E-state index in [1.165, 1.54) is 18.0 Å². The standard InChI is InChI=1S/C14H14N2O4S/c1-16(9-5-6-11(18)15-13(9)19)14(20)12-8(7-17)3-2-4-10(12)21/h2-4,7,9,21H,5-6H2,1H3,(H,15,18,19). The van der Waals surface area contributed by atoms with Gasteiger partial charge in [-0.15, -0.1) is 12.6 Å². The number of piperidine rings is 1. The second-order valence-electron chi connectivity index (χ2n) is 4.74. The van der Waals surface area contributed by atoms with Gasteiger partial charge in [0.15, 0.2) is 6.29 Å². The van der Waals surface area contributed by atoms with Crippen molar-refractivity contribution < 1.29 is 19.2 Å². The SMILES string of the molecule is CN(C(=O)c1c(S)cccc1C=O)C1CCC(=O)NC1=O. The first-order chi connectivity index (χ1) is 9.95. The molecule has 1 atom stereocenters. The van der Waals surface area contributed by atoms with Gasteiger partial charge >= 0.3 is 0 Å². The molecular formula is C14H14N2O4S. The van der Waals surface area contributed by atoms with E-state index in [4.69, 9.17) is 0 Å². The van der Waals surface area contributed by atoms with E-state index < -0.39 is 17.9 Å². The van der Waals surface area contributed by atoms with Gasteiger partial charge in [-0.3, -0.25) is 24.5 Å². The summed E-state index contributed by atoms with van der Waals surface area (Å²) in [4.78, 5) is 48.1. The maximum Gasteiger partial charge on any atom is 0.256 e. The smallest absolute Gasteiger partial charge is 0.256 e. The van der Waals surface area contributed by atoms with E-state index in [0.29, 0.717) is 11.2 Å². The predicted octanol–water partition coefficient (Wildman–Crippen LogP) is 0.665. The monoisotopic (exact) mass is 306 g/mol. The van der Waals surface area contributed by atoms with Crippen LogP contribution in [0.2, 0.25) is 0 Å². The number of imide groups is 1. The second kappa shape index (κ2) is 6.09. The lowest BCUT2D eigenvalue weighted by Gasteiger charge is -2.30. The number of hydrogen-bond acceptors (Lipinski definition) is 5. The Morgan fingerprint density at radius 1 is 1.43 bits per heavy atom. The van der Waals surface area contributed by atoms with E-state index in [-0.39, 0.29) is 29.9 Å². The number of benzene rings is 1. The van der Waals surface area contributed by atoms with Crippen LogP contribution in [0.15, 0.2) is 23.1 Å². The Kier molecular flexibility index (Phi) is 4.42.